The van der Waals surface area contributed by atoms with Crippen molar-refractivity contribution in [2.45, 2.75) is 24.8 Å². The molecular weight excluding hydrogens is 184 g/mol. The molecule has 14 heavy (non-hydrogen) atoms. The molecule has 1 heterocycles. The number of alkyl halides is 2. The Morgan fingerprint density at radius 3 is 2.57 bits per heavy atom. The van der Waals surface area contributed by atoms with Gasteiger partial charge >= 0.3 is 0 Å². The third kappa shape index (κ3) is 2.10. The summed E-state index contributed by atoms with van der Waals surface area (Å²) in [4.78, 5) is 0. The smallest absolute Gasteiger partial charge is 0.251 e. The van der Waals surface area contributed by atoms with Crippen LogP contribution >= 0.6 is 0 Å². The molecule has 1 aromatic carbocycles. The standard InChI is InChI=1S/C11H13F2N/c12-11(13)6-7-14-10(8-11)9-4-2-1-3-5-9/h1-5,10,14H,6-8H2/t10-/m0/s1. The van der Waals surface area contributed by atoms with Gasteiger partial charge in [-0.15, -0.1) is 0 Å². The van der Waals surface area contributed by atoms with Crippen molar-refractivity contribution in [2.24, 2.45) is 0 Å². The van der Waals surface area contributed by atoms with Crippen molar-refractivity contribution in [3.8, 4) is 0 Å². The van der Waals surface area contributed by atoms with E-state index in [0.717, 1.165) is 5.56 Å². The van der Waals surface area contributed by atoms with E-state index in [1.54, 1.807) is 0 Å². The van der Waals surface area contributed by atoms with Gasteiger partial charge < -0.3 is 5.32 Å². The molecule has 1 aliphatic heterocycles. The zero-order chi connectivity index (χ0) is 10.0. The average Bonchev–Trinajstić information content (AvgIpc) is 2.18. The first-order chi connectivity index (χ1) is 6.67. The van der Waals surface area contributed by atoms with E-state index in [2.05, 4.69) is 5.32 Å². The molecule has 0 aromatic heterocycles. The first-order valence-electron chi connectivity index (χ1n) is 4.83. The highest BCUT2D eigenvalue weighted by Gasteiger charge is 2.36. The molecule has 0 saturated carbocycles. The fourth-order valence-electron chi connectivity index (χ4n) is 1.82. The molecule has 0 aliphatic carbocycles. The van der Waals surface area contributed by atoms with E-state index in [1.807, 2.05) is 30.3 Å². The highest BCUT2D eigenvalue weighted by Crippen LogP contribution is 2.34. The van der Waals surface area contributed by atoms with Gasteiger partial charge in [0.2, 0.25) is 0 Å². The van der Waals surface area contributed by atoms with Crippen molar-refractivity contribution in [3.63, 3.8) is 0 Å². The summed E-state index contributed by atoms with van der Waals surface area (Å²) in [6.07, 6.45) is -0.132. The monoisotopic (exact) mass is 197 g/mol. The molecule has 1 atom stereocenters. The van der Waals surface area contributed by atoms with Crippen LogP contribution in [0.15, 0.2) is 30.3 Å². The summed E-state index contributed by atoms with van der Waals surface area (Å²) < 4.78 is 26.2. The summed E-state index contributed by atoms with van der Waals surface area (Å²) in [5.41, 5.74) is 0.951. The molecule has 1 aliphatic rings. The Hall–Kier alpha value is -0.960. The van der Waals surface area contributed by atoms with Crippen LogP contribution in [0, 0.1) is 0 Å². The highest BCUT2D eigenvalue weighted by atomic mass is 19.3. The largest absolute Gasteiger partial charge is 0.310 e. The van der Waals surface area contributed by atoms with E-state index in [9.17, 15) is 8.78 Å². The third-order valence-electron chi connectivity index (χ3n) is 2.59. The van der Waals surface area contributed by atoms with Crippen molar-refractivity contribution in [2.75, 3.05) is 6.54 Å². The Morgan fingerprint density at radius 1 is 1.21 bits per heavy atom. The zero-order valence-corrected chi connectivity index (χ0v) is 7.84. The quantitative estimate of drug-likeness (QED) is 0.730. The first kappa shape index (κ1) is 9.59. The van der Waals surface area contributed by atoms with Crippen LogP contribution in [-0.2, 0) is 0 Å². The molecule has 0 spiro atoms. The number of piperidine rings is 1. The lowest BCUT2D eigenvalue weighted by atomic mass is 9.95. The maximum absolute atomic E-state index is 13.1. The Labute approximate surface area is 82.1 Å². The van der Waals surface area contributed by atoms with Crippen molar-refractivity contribution in [1.82, 2.24) is 5.32 Å². The van der Waals surface area contributed by atoms with Gasteiger partial charge in [0.15, 0.2) is 0 Å². The number of hydrogen-bond acceptors (Lipinski definition) is 1. The third-order valence-corrected chi connectivity index (χ3v) is 2.59. The predicted molar refractivity (Wildman–Crippen MR) is 51.4 cm³/mol. The second-order valence-corrected chi connectivity index (χ2v) is 3.73. The van der Waals surface area contributed by atoms with E-state index < -0.39 is 5.92 Å². The normalized spacial score (nSPS) is 26.0. The van der Waals surface area contributed by atoms with Crippen LogP contribution in [0.4, 0.5) is 8.78 Å². The van der Waals surface area contributed by atoms with E-state index in [1.165, 1.54) is 0 Å². The molecule has 1 N–H and O–H groups in total. The zero-order valence-electron chi connectivity index (χ0n) is 7.84. The van der Waals surface area contributed by atoms with E-state index in [-0.39, 0.29) is 18.9 Å². The molecule has 0 bridgehead atoms. The minimum Gasteiger partial charge on any atom is -0.310 e. The Balaban J connectivity index is 2.12. The van der Waals surface area contributed by atoms with Crippen LogP contribution in [0.2, 0.25) is 0 Å². The Bertz CT molecular complexity index is 297. The van der Waals surface area contributed by atoms with Crippen LogP contribution in [-0.4, -0.2) is 12.5 Å². The van der Waals surface area contributed by atoms with Gasteiger partial charge in [0.05, 0.1) is 0 Å². The molecule has 0 radical (unpaired) electrons. The van der Waals surface area contributed by atoms with Gasteiger partial charge in [-0.1, -0.05) is 30.3 Å². The van der Waals surface area contributed by atoms with Gasteiger partial charge in [-0.25, -0.2) is 8.78 Å². The predicted octanol–water partition coefficient (Wildman–Crippen LogP) is 2.75. The molecule has 0 amide bonds. The summed E-state index contributed by atoms with van der Waals surface area (Å²) in [6.45, 7) is 0.395. The summed E-state index contributed by atoms with van der Waals surface area (Å²) >= 11 is 0. The second kappa shape index (κ2) is 3.65. The number of halogens is 2. The molecule has 1 saturated heterocycles. The Morgan fingerprint density at radius 2 is 1.93 bits per heavy atom. The lowest BCUT2D eigenvalue weighted by Gasteiger charge is -2.30. The molecule has 0 unspecified atom stereocenters. The molecule has 76 valence electrons. The lowest BCUT2D eigenvalue weighted by Crippen LogP contribution is -2.38. The van der Waals surface area contributed by atoms with Crippen LogP contribution < -0.4 is 5.32 Å². The molecular formula is C11H13F2N. The van der Waals surface area contributed by atoms with Crippen molar-refractivity contribution in [1.29, 1.82) is 0 Å². The fourth-order valence-corrected chi connectivity index (χ4v) is 1.82. The topological polar surface area (TPSA) is 12.0 Å². The molecule has 2 rings (SSSR count). The molecule has 3 heteroatoms. The number of hydrogen-bond donors (Lipinski definition) is 1. The minimum absolute atomic E-state index is 0.0453. The van der Waals surface area contributed by atoms with Gasteiger partial charge in [-0.05, 0) is 5.56 Å². The van der Waals surface area contributed by atoms with E-state index in [4.69, 9.17) is 0 Å². The molecule has 1 nitrogen and oxygen atoms in total. The SMILES string of the molecule is FC1(F)CCN[C@H](c2ccccc2)C1. The lowest BCUT2D eigenvalue weighted by molar-refractivity contribution is -0.0415. The molecule has 1 fully saturated rings. The molecule has 1 aromatic rings. The number of benzene rings is 1. The van der Waals surface area contributed by atoms with Crippen LogP contribution in [0.1, 0.15) is 24.4 Å². The maximum Gasteiger partial charge on any atom is 0.251 e. The van der Waals surface area contributed by atoms with Gasteiger partial charge in [-0.2, -0.15) is 0 Å². The average molecular weight is 197 g/mol. The van der Waals surface area contributed by atoms with Crippen molar-refractivity contribution < 1.29 is 8.78 Å². The van der Waals surface area contributed by atoms with Gasteiger partial charge in [0.25, 0.3) is 5.92 Å². The summed E-state index contributed by atoms with van der Waals surface area (Å²) in [5.74, 6) is -2.51. The second-order valence-electron chi connectivity index (χ2n) is 3.73. The maximum atomic E-state index is 13.1. The summed E-state index contributed by atoms with van der Waals surface area (Å²) in [6, 6.07) is 9.23. The Kier molecular flexibility index (Phi) is 2.50. The number of nitrogens with one attached hydrogen (secondary N) is 1. The summed E-state index contributed by atoms with van der Waals surface area (Å²) in [7, 11) is 0. The van der Waals surface area contributed by atoms with E-state index in [0.29, 0.717) is 6.54 Å². The van der Waals surface area contributed by atoms with Crippen molar-refractivity contribution >= 4 is 0 Å². The van der Waals surface area contributed by atoms with Crippen LogP contribution in [0.3, 0.4) is 0 Å². The van der Waals surface area contributed by atoms with Crippen molar-refractivity contribution in [3.05, 3.63) is 35.9 Å². The van der Waals surface area contributed by atoms with E-state index >= 15 is 0 Å². The van der Waals surface area contributed by atoms with Gasteiger partial charge in [0, 0.05) is 25.4 Å². The summed E-state index contributed by atoms with van der Waals surface area (Å²) in [5, 5.41) is 3.11. The van der Waals surface area contributed by atoms with Crippen LogP contribution in [0.25, 0.3) is 0 Å². The highest BCUT2D eigenvalue weighted by molar-refractivity contribution is 5.19. The van der Waals surface area contributed by atoms with Crippen LogP contribution in [0.5, 0.6) is 0 Å². The minimum atomic E-state index is -2.51. The van der Waals surface area contributed by atoms with Gasteiger partial charge in [0.1, 0.15) is 0 Å². The first-order valence-corrected chi connectivity index (χ1v) is 4.83. The fraction of sp³-hybridized carbons (Fsp3) is 0.455. The van der Waals surface area contributed by atoms with Gasteiger partial charge in [-0.3, -0.25) is 0 Å². The number of rotatable bonds is 1.